The van der Waals surface area contributed by atoms with Crippen LogP contribution in [0.15, 0.2) is 48.9 Å². The molecule has 4 aliphatic rings. The second-order valence-electron chi connectivity index (χ2n) is 8.49. The molecule has 6 rings (SSSR count). The van der Waals surface area contributed by atoms with Crippen LogP contribution in [0, 0.1) is 17.7 Å². The SMILES string of the molecule is O=C(C1C2C(=O)N(c3ccc(F)cc3)C[C@@]23C=C[C@@H]1O3)N1CCCn2cncc2C1. The molecule has 2 aromatic rings. The predicted octanol–water partition coefficient (Wildman–Crippen LogP) is 1.74. The van der Waals surface area contributed by atoms with Crippen molar-refractivity contribution in [2.24, 2.45) is 11.8 Å². The zero-order chi connectivity index (χ0) is 20.5. The van der Waals surface area contributed by atoms with Crippen LogP contribution in [0.1, 0.15) is 12.1 Å². The van der Waals surface area contributed by atoms with Crippen molar-refractivity contribution in [2.45, 2.75) is 31.2 Å². The van der Waals surface area contributed by atoms with Crippen LogP contribution < -0.4 is 4.90 Å². The summed E-state index contributed by atoms with van der Waals surface area (Å²) in [5.74, 6) is -1.62. The highest BCUT2D eigenvalue weighted by molar-refractivity contribution is 6.03. The fourth-order valence-corrected chi connectivity index (χ4v) is 5.41. The first kappa shape index (κ1) is 17.8. The van der Waals surface area contributed by atoms with Crippen LogP contribution in [0.4, 0.5) is 10.1 Å². The molecule has 1 aromatic heterocycles. The minimum atomic E-state index is -0.788. The zero-order valence-corrected chi connectivity index (χ0v) is 16.3. The lowest BCUT2D eigenvalue weighted by Crippen LogP contribution is -2.45. The van der Waals surface area contributed by atoms with E-state index in [9.17, 15) is 14.0 Å². The standard InChI is InChI=1S/C22H21FN4O3/c23-14-2-4-15(5-3-14)27-12-22-7-6-17(30-22)18(19(22)21(27)29)20(28)25-8-1-9-26-13-24-10-16(26)11-25/h2-7,10,13,17-19H,1,8-9,11-12H2/t17-,18?,19?,22-/m0/s1. The smallest absolute Gasteiger partial charge is 0.234 e. The molecular formula is C22H21FN4O3. The van der Waals surface area contributed by atoms with Crippen LogP contribution in [-0.4, -0.2) is 51.1 Å². The van der Waals surface area contributed by atoms with E-state index in [1.54, 1.807) is 29.6 Å². The fourth-order valence-electron chi connectivity index (χ4n) is 5.41. The van der Waals surface area contributed by atoms with E-state index in [-0.39, 0.29) is 23.7 Å². The normalized spacial score (nSPS) is 31.8. The van der Waals surface area contributed by atoms with Gasteiger partial charge >= 0.3 is 0 Å². The van der Waals surface area contributed by atoms with E-state index in [2.05, 4.69) is 9.55 Å². The van der Waals surface area contributed by atoms with Crippen LogP contribution >= 0.6 is 0 Å². The van der Waals surface area contributed by atoms with Crippen molar-refractivity contribution in [3.05, 3.63) is 60.5 Å². The van der Waals surface area contributed by atoms with Crippen molar-refractivity contribution in [1.82, 2.24) is 14.5 Å². The highest BCUT2D eigenvalue weighted by atomic mass is 19.1. The first-order valence-electron chi connectivity index (χ1n) is 10.3. The summed E-state index contributed by atoms with van der Waals surface area (Å²) in [5, 5.41) is 0. The Morgan fingerprint density at radius 3 is 2.90 bits per heavy atom. The number of hydrogen-bond acceptors (Lipinski definition) is 4. The van der Waals surface area contributed by atoms with Crippen LogP contribution in [0.5, 0.6) is 0 Å². The first-order valence-corrected chi connectivity index (χ1v) is 10.3. The Labute approximate surface area is 172 Å². The molecule has 8 heteroatoms. The molecule has 0 saturated carbocycles. The summed E-state index contributed by atoms with van der Waals surface area (Å²) in [6, 6.07) is 5.86. The van der Waals surface area contributed by atoms with E-state index in [4.69, 9.17) is 4.74 Å². The van der Waals surface area contributed by atoms with Gasteiger partial charge in [0, 0.05) is 25.0 Å². The van der Waals surface area contributed by atoms with Gasteiger partial charge in [-0.25, -0.2) is 9.37 Å². The molecule has 0 aliphatic carbocycles. The lowest BCUT2D eigenvalue weighted by atomic mass is 9.76. The predicted molar refractivity (Wildman–Crippen MR) is 105 cm³/mol. The van der Waals surface area contributed by atoms with E-state index < -0.39 is 17.4 Å². The second kappa shape index (κ2) is 6.25. The maximum Gasteiger partial charge on any atom is 0.234 e. The number of aryl methyl sites for hydroxylation is 1. The van der Waals surface area contributed by atoms with Gasteiger partial charge in [-0.05, 0) is 30.7 Å². The Hall–Kier alpha value is -3.00. The Morgan fingerprint density at radius 1 is 1.23 bits per heavy atom. The quantitative estimate of drug-likeness (QED) is 0.710. The van der Waals surface area contributed by atoms with Crippen LogP contribution in [-0.2, 0) is 27.4 Å². The molecule has 4 atom stereocenters. The molecule has 2 unspecified atom stereocenters. The van der Waals surface area contributed by atoms with Crippen molar-refractivity contribution in [3.63, 3.8) is 0 Å². The monoisotopic (exact) mass is 408 g/mol. The van der Waals surface area contributed by atoms with Gasteiger partial charge in [-0.1, -0.05) is 12.2 Å². The van der Waals surface area contributed by atoms with Gasteiger partial charge in [-0.2, -0.15) is 0 Å². The number of amides is 2. The number of hydrogen-bond donors (Lipinski definition) is 0. The summed E-state index contributed by atoms with van der Waals surface area (Å²) < 4.78 is 21.6. The number of carbonyl (C=O) groups is 2. The Kier molecular flexibility index (Phi) is 3.71. The van der Waals surface area contributed by atoms with Gasteiger partial charge in [-0.15, -0.1) is 0 Å². The van der Waals surface area contributed by atoms with E-state index >= 15 is 0 Å². The number of rotatable bonds is 2. The molecule has 2 fully saturated rings. The molecule has 0 radical (unpaired) electrons. The highest BCUT2D eigenvalue weighted by Gasteiger charge is 2.67. The number of halogens is 1. The van der Waals surface area contributed by atoms with E-state index in [0.29, 0.717) is 25.3 Å². The summed E-state index contributed by atoms with van der Waals surface area (Å²) in [7, 11) is 0. The Morgan fingerprint density at radius 2 is 2.07 bits per heavy atom. The van der Waals surface area contributed by atoms with Crippen molar-refractivity contribution >= 4 is 17.5 Å². The average Bonchev–Trinajstić information content (AvgIpc) is 3.47. The summed E-state index contributed by atoms with van der Waals surface area (Å²) in [6.07, 6.45) is 7.90. The molecule has 30 heavy (non-hydrogen) atoms. The molecule has 2 bridgehead atoms. The molecular weight excluding hydrogens is 387 g/mol. The number of fused-ring (bicyclic) bond motifs is 2. The summed E-state index contributed by atoms with van der Waals surface area (Å²) in [4.78, 5) is 34.7. The Bertz CT molecular complexity index is 1060. The molecule has 0 N–H and O–H groups in total. The van der Waals surface area contributed by atoms with Crippen LogP contribution in [0.2, 0.25) is 0 Å². The molecule has 2 saturated heterocycles. The van der Waals surface area contributed by atoms with Crippen molar-refractivity contribution in [1.29, 1.82) is 0 Å². The third-order valence-corrected chi connectivity index (χ3v) is 6.81. The topological polar surface area (TPSA) is 67.7 Å². The largest absolute Gasteiger partial charge is 0.360 e. The van der Waals surface area contributed by atoms with Crippen LogP contribution in [0.3, 0.4) is 0 Å². The van der Waals surface area contributed by atoms with Gasteiger partial charge in [0.25, 0.3) is 0 Å². The minimum Gasteiger partial charge on any atom is -0.360 e. The number of anilines is 1. The molecule has 5 heterocycles. The average molecular weight is 408 g/mol. The van der Waals surface area contributed by atoms with Gasteiger partial charge in [0.05, 0.1) is 43.1 Å². The maximum absolute atomic E-state index is 13.6. The number of ether oxygens (including phenoxy) is 1. The molecule has 1 aromatic carbocycles. The molecule has 1 spiro atoms. The van der Waals surface area contributed by atoms with Gasteiger partial charge < -0.3 is 19.1 Å². The molecule has 2 amide bonds. The number of benzene rings is 1. The highest BCUT2D eigenvalue weighted by Crippen LogP contribution is 2.53. The number of imidazole rings is 1. The Balaban J connectivity index is 1.31. The molecule has 154 valence electrons. The van der Waals surface area contributed by atoms with Crippen LogP contribution in [0.25, 0.3) is 0 Å². The summed E-state index contributed by atoms with van der Waals surface area (Å²) in [6.45, 7) is 2.30. The lowest BCUT2D eigenvalue weighted by Gasteiger charge is -2.29. The van der Waals surface area contributed by atoms with Crippen molar-refractivity contribution < 1.29 is 18.7 Å². The van der Waals surface area contributed by atoms with Gasteiger partial charge in [-0.3, -0.25) is 9.59 Å². The molecule has 4 aliphatic heterocycles. The maximum atomic E-state index is 13.6. The van der Waals surface area contributed by atoms with Gasteiger partial charge in [0.1, 0.15) is 11.4 Å². The first-order chi connectivity index (χ1) is 14.6. The van der Waals surface area contributed by atoms with Gasteiger partial charge in [0.15, 0.2) is 0 Å². The minimum absolute atomic E-state index is 0.0415. The number of nitrogens with zero attached hydrogens (tertiary/aromatic N) is 4. The summed E-state index contributed by atoms with van der Waals surface area (Å²) in [5.41, 5.74) is 0.834. The number of carbonyl (C=O) groups excluding carboxylic acids is 2. The van der Waals surface area contributed by atoms with E-state index in [1.165, 1.54) is 12.1 Å². The van der Waals surface area contributed by atoms with Crippen molar-refractivity contribution in [3.8, 4) is 0 Å². The van der Waals surface area contributed by atoms with E-state index in [1.807, 2.05) is 17.1 Å². The number of aromatic nitrogens is 2. The third-order valence-electron chi connectivity index (χ3n) is 6.81. The summed E-state index contributed by atoms with van der Waals surface area (Å²) >= 11 is 0. The van der Waals surface area contributed by atoms with Crippen molar-refractivity contribution in [2.75, 3.05) is 18.0 Å². The lowest BCUT2D eigenvalue weighted by molar-refractivity contribution is -0.140. The third kappa shape index (κ3) is 2.43. The zero-order valence-electron chi connectivity index (χ0n) is 16.3. The molecule has 7 nitrogen and oxygen atoms in total. The van der Waals surface area contributed by atoms with Gasteiger partial charge in [0.2, 0.25) is 11.8 Å². The van der Waals surface area contributed by atoms with E-state index in [0.717, 1.165) is 18.7 Å². The second-order valence-corrected chi connectivity index (χ2v) is 8.49. The fraction of sp³-hybridized carbons (Fsp3) is 0.409.